The van der Waals surface area contributed by atoms with Gasteiger partial charge in [-0.1, -0.05) is 50.1 Å². The molecule has 0 aliphatic carbocycles. The highest BCUT2D eigenvalue weighted by Crippen LogP contribution is 2.42. The highest BCUT2D eigenvalue weighted by atomic mass is 16.5. The van der Waals surface area contributed by atoms with Crippen LogP contribution in [0.15, 0.2) is 82.0 Å². The molecule has 0 bridgehead atoms. The van der Waals surface area contributed by atoms with Crippen molar-refractivity contribution in [2.24, 2.45) is 0 Å². The second-order valence-corrected chi connectivity index (χ2v) is 8.57. The quantitative estimate of drug-likeness (QED) is 0.291. The molecule has 1 aromatic heterocycles. The molecule has 35 heavy (non-hydrogen) atoms. The summed E-state index contributed by atoms with van der Waals surface area (Å²) in [7, 11) is 1.58. The summed E-state index contributed by atoms with van der Waals surface area (Å²) in [4.78, 5) is 28.9. The second kappa shape index (κ2) is 9.66. The fourth-order valence-electron chi connectivity index (χ4n) is 4.55. The van der Waals surface area contributed by atoms with Crippen LogP contribution < -0.4 is 19.8 Å². The summed E-state index contributed by atoms with van der Waals surface area (Å²) in [6.45, 7) is 2.81. The van der Waals surface area contributed by atoms with Gasteiger partial charge in [-0.3, -0.25) is 14.5 Å². The Kier molecular flexibility index (Phi) is 6.27. The van der Waals surface area contributed by atoms with Crippen molar-refractivity contribution >= 4 is 22.6 Å². The van der Waals surface area contributed by atoms with Crippen molar-refractivity contribution < 1.29 is 18.7 Å². The maximum atomic E-state index is 13.7. The smallest absolute Gasteiger partial charge is 0.295 e. The Hall–Kier alpha value is -4.06. The summed E-state index contributed by atoms with van der Waals surface area (Å²) in [5.74, 6) is 1.08. The van der Waals surface area contributed by atoms with Gasteiger partial charge in [0.1, 0.15) is 17.1 Å². The molecule has 0 radical (unpaired) electrons. The van der Waals surface area contributed by atoms with Crippen LogP contribution in [-0.2, 0) is 0 Å². The van der Waals surface area contributed by atoms with Crippen molar-refractivity contribution in [2.45, 2.75) is 32.2 Å². The Morgan fingerprint density at radius 1 is 0.914 bits per heavy atom. The number of carbonyl (C=O) groups excluding carboxylic acids is 1. The van der Waals surface area contributed by atoms with Gasteiger partial charge in [-0.15, -0.1) is 0 Å². The first kappa shape index (κ1) is 22.7. The number of carbonyl (C=O) groups is 1. The predicted octanol–water partition coefficient (Wildman–Crippen LogP) is 6.12. The van der Waals surface area contributed by atoms with Crippen molar-refractivity contribution in [2.75, 3.05) is 18.6 Å². The van der Waals surface area contributed by atoms with E-state index in [4.69, 9.17) is 13.9 Å². The van der Waals surface area contributed by atoms with Crippen molar-refractivity contribution in [1.29, 1.82) is 0 Å². The number of unbranched alkanes of at least 4 members (excludes halogenated alkanes) is 2. The van der Waals surface area contributed by atoms with Gasteiger partial charge in [0.2, 0.25) is 5.76 Å². The first-order valence-corrected chi connectivity index (χ1v) is 11.9. The van der Waals surface area contributed by atoms with Gasteiger partial charge >= 0.3 is 0 Å². The van der Waals surface area contributed by atoms with E-state index >= 15 is 0 Å². The summed E-state index contributed by atoms with van der Waals surface area (Å²) < 4.78 is 17.3. The lowest BCUT2D eigenvalue weighted by Crippen LogP contribution is -2.29. The van der Waals surface area contributed by atoms with Gasteiger partial charge in [0.15, 0.2) is 5.43 Å². The van der Waals surface area contributed by atoms with Crippen LogP contribution in [0.1, 0.15) is 53.9 Å². The number of para-hydroxylation sites is 1. The summed E-state index contributed by atoms with van der Waals surface area (Å²) in [6.07, 6.45) is 3.26. The van der Waals surface area contributed by atoms with Gasteiger partial charge < -0.3 is 13.9 Å². The lowest BCUT2D eigenvalue weighted by Gasteiger charge is -2.25. The minimum atomic E-state index is -0.639. The van der Waals surface area contributed by atoms with Crippen LogP contribution >= 0.6 is 0 Å². The molecule has 1 atom stereocenters. The number of anilines is 1. The summed E-state index contributed by atoms with van der Waals surface area (Å²) in [5, 5.41) is 0.451. The predicted molar refractivity (Wildman–Crippen MR) is 136 cm³/mol. The zero-order valence-corrected chi connectivity index (χ0v) is 19.8. The molecule has 0 fully saturated rings. The number of hydrogen-bond donors (Lipinski definition) is 0. The number of methoxy groups -OCH3 is 1. The molecule has 1 aliphatic rings. The molecule has 0 saturated heterocycles. The molecule has 1 unspecified atom stereocenters. The molecular formula is C29H27NO5. The molecule has 3 aromatic carbocycles. The van der Waals surface area contributed by atoms with E-state index in [1.807, 2.05) is 42.5 Å². The first-order valence-electron chi connectivity index (χ1n) is 11.9. The van der Waals surface area contributed by atoms with Crippen molar-refractivity contribution in [3.63, 3.8) is 0 Å². The molecule has 5 rings (SSSR count). The van der Waals surface area contributed by atoms with Crippen molar-refractivity contribution in [3.05, 3.63) is 99.9 Å². The molecular weight excluding hydrogens is 442 g/mol. The van der Waals surface area contributed by atoms with Crippen molar-refractivity contribution in [3.8, 4) is 11.5 Å². The number of hydrogen-bond acceptors (Lipinski definition) is 5. The molecule has 1 amide bonds. The third-order valence-electron chi connectivity index (χ3n) is 6.32. The van der Waals surface area contributed by atoms with Crippen LogP contribution in [0.3, 0.4) is 0 Å². The van der Waals surface area contributed by atoms with E-state index < -0.39 is 6.04 Å². The monoisotopic (exact) mass is 469 g/mol. The van der Waals surface area contributed by atoms with Gasteiger partial charge in [0, 0.05) is 11.8 Å². The standard InChI is InChI=1S/C29H27NO5/c1-3-4-7-17-34-21-15-13-19(14-16-21)26-25-27(31)23-11-5-6-12-24(23)35-28(25)29(32)30(26)20-9-8-10-22(18-20)33-2/h5-6,8-16,18,26H,3-4,7,17H2,1-2H3. The molecule has 0 N–H and O–H groups in total. The molecule has 6 heteroatoms. The van der Waals surface area contributed by atoms with E-state index in [9.17, 15) is 9.59 Å². The first-order chi connectivity index (χ1) is 17.1. The Bertz CT molecular complexity index is 1420. The van der Waals surface area contributed by atoms with Crippen LogP contribution in [0, 0.1) is 0 Å². The fraction of sp³-hybridized carbons (Fsp3) is 0.241. The van der Waals surface area contributed by atoms with Gasteiger partial charge in [0.05, 0.1) is 30.7 Å². The molecule has 4 aromatic rings. The van der Waals surface area contributed by atoms with Crippen LogP contribution in [0.2, 0.25) is 0 Å². The number of benzene rings is 3. The largest absolute Gasteiger partial charge is 0.497 e. The van der Waals surface area contributed by atoms with E-state index in [0.717, 1.165) is 30.6 Å². The lowest BCUT2D eigenvalue weighted by molar-refractivity contribution is 0.0971. The minimum Gasteiger partial charge on any atom is -0.497 e. The number of nitrogens with zero attached hydrogens (tertiary/aromatic N) is 1. The highest BCUT2D eigenvalue weighted by Gasteiger charge is 2.43. The Morgan fingerprint density at radius 2 is 1.71 bits per heavy atom. The number of amides is 1. The minimum absolute atomic E-state index is 0.0708. The zero-order valence-electron chi connectivity index (χ0n) is 19.8. The van der Waals surface area contributed by atoms with Gasteiger partial charge in [0.25, 0.3) is 5.91 Å². The molecule has 2 heterocycles. The SMILES string of the molecule is CCCCCOc1ccc(C2c3c(oc4ccccc4c3=O)C(=O)N2c2cccc(OC)c2)cc1. The number of rotatable bonds is 8. The highest BCUT2D eigenvalue weighted by molar-refractivity contribution is 6.10. The topological polar surface area (TPSA) is 69.0 Å². The van der Waals surface area contributed by atoms with E-state index in [-0.39, 0.29) is 17.1 Å². The number of ether oxygens (including phenoxy) is 2. The Balaban J connectivity index is 1.62. The summed E-state index contributed by atoms with van der Waals surface area (Å²) in [5.41, 5.74) is 1.95. The molecule has 0 spiro atoms. The van der Waals surface area contributed by atoms with Gasteiger partial charge in [-0.25, -0.2) is 0 Å². The normalized spacial score (nSPS) is 14.9. The lowest BCUT2D eigenvalue weighted by atomic mass is 9.98. The van der Waals surface area contributed by atoms with Gasteiger partial charge in [-0.2, -0.15) is 0 Å². The molecule has 0 saturated carbocycles. The zero-order chi connectivity index (χ0) is 24.4. The van der Waals surface area contributed by atoms with Crippen LogP contribution in [0.4, 0.5) is 5.69 Å². The van der Waals surface area contributed by atoms with E-state index in [1.165, 1.54) is 0 Å². The third kappa shape index (κ3) is 4.16. The van der Waals surface area contributed by atoms with Crippen LogP contribution in [0.25, 0.3) is 11.0 Å². The van der Waals surface area contributed by atoms with Gasteiger partial charge in [-0.05, 0) is 48.4 Å². The Morgan fingerprint density at radius 3 is 2.49 bits per heavy atom. The molecule has 6 nitrogen and oxygen atoms in total. The summed E-state index contributed by atoms with van der Waals surface area (Å²) in [6, 6.07) is 21.2. The summed E-state index contributed by atoms with van der Waals surface area (Å²) >= 11 is 0. The average molecular weight is 470 g/mol. The van der Waals surface area contributed by atoms with E-state index in [1.54, 1.807) is 42.3 Å². The molecule has 1 aliphatic heterocycles. The van der Waals surface area contributed by atoms with Crippen molar-refractivity contribution in [1.82, 2.24) is 0 Å². The third-order valence-corrected chi connectivity index (χ3v) is 6.32. The maximum Gasteiger partial charge on any atom is 0.295 e. The fourth-order valence-corrected chi connectivity index (χ4v) is 4.55. The number of fused-ring (bicyclic) bond motifs is 2. The van der Waals surface area contributed by atoms with E-state index in [2.05, 4.69) is 6.92 Å². The van der Waals surface area contributed by atoms with Crippen LogP contribution in [-0.4, -0.2) is 19.6 Å². The molecule has 178 valence electrons. The maximum absolute atomic E-state index is 13.7. The average Bonchev–Trinajstić information content (AvgIpc) is 3.19. The van der Waals surface area contributed by atoms with Crippen LogP contribution in [0.5, 0.6) is 11.5 Å². The Labute approximate surface area is 203 Å². The van der Waals surface area contributed by atoms with E-state index in [0.29, 0.717) is 34.6 Å². The second-order valence-electron chi connectivity index (χ2n) is 8.57.